The third-order valence-corrected chi connectivity index (χ3v) is 1.73. The minimum Gasteiger partial charge on any atom is -0.0845 e. The van der Waals surface area contributed by atoms with Gasteiger partial charge >= 0.3 is 0 Å². The Balaban J connectivity index is 3.15. The first-order valence-corrected chi connectivity index (χ1v) is 5.02. The molecule has 0 saturated heterocycles. The van der Waals surface area contributed by atoms with Gasteiger partial charge < -0.3 is 0 Å². The lowest BCUT2D eigenvalue weighted by Gasteiger charge is -1.87. The van der Waals surface area contributed by atoms with E-state index in [9.17, 15) is 0 Å². The van der Waals surface area contributed by atoms with Gasteiger partial charge in [0.2, 0.25) is 0 Å². The zero-order valence-corrected chi connectivity index (χ0v) is 8.26. The second-order valence-electron chi connectivity index (χ2n) is 2.99. The van der Waals surface area contributed by atoms with Crippen LogP contribution < -0.4 is 0 Å². The molecule has 0 heteroatoms. The average molecular weight is 165 g/mol. The van der Waals surface area contributed by atoms with Crippen LogP contribution in [0.5, 0.6) is 0 Å². The van der Waals surface area contributed by atoms with E-state index in [2.05, 4.69) is 38.2 Å². The van der Waals surface area contributed by atoms with Crippen molar-refractivity contribution in [3.63, 3.8) is 0 Å². The topological polar surface area (TPSA) is 0 Å². The van der Waals surface area contributed by atoms with Gasteiger partial charge in [-0.25, -0.2) is 0 Å². The molecule has 0 aliphatic heterocycles. The molecule has 0 bridgehead atoms. The Bertz CT molecular complexity index is 104. The summed E-state index contributed by atoms with van der Waals surface area (Å²) in [6, 6.07) is 0. The van der Waals surface area contributed by atoms with E-state index in [-0.39, 0.29) is 0 Å². The molecule has 0 aliphatic carbocycles. The summed E-state index contributed by atoms with van der Waals surface area (Å²) < 4.78 is 0. The van der Waals surface area contributed by atoms with Crippen molar-refractivity contribution >= 4 is 0 Å². The zero-order valence-electron chi connectivity index (χ0n) is 8.26. The normalized spacial score (nSPS) is 11.8. The molecule has 0 aromatic rings. The molecule has 0 N–H and O–H groups in total. The highest BCUT2D eigenvalue weighted by molar-refractivity contribution is 5.02. The Kier molecular flexibility index (Phi) is 10.0. The van der Waals surface area contributed by atoms with Gasteiger partial charge in [0, 0.05) is 0 Å². The van der Waals surface area contributed by atoms with E-state index in [1.807, 2.05) is 0 Å². The Morgan fingerprint density at radius 1 is 1.00 bits per heavy atom. The number of hydrogen-bond donors (Lipinski definition) is 0. The fourth-order valence-corrected chi connectivity index (χ4v) is 0.934. The summed E-state index contributed by atoms with van der Waals surface area (Å²) in [6.07, 6.45) is 16.0. The maximum Gasteiger partial charge on any atom is -0.0348 e. The van der Waals surface area contributed by atoms with Gasteiger partial charge in [0.1, 0.15) is 0 Å². The molecule has 0 rings (SSSR count). The molecule has 12 heavy (non-hydrogen) atoms. The largest absolute Gasteiger partial charge is 0.0845 e. The molecule has 0 nitrogen and oxygen atoms in total. The van der Waals surface area contributed by atoms with Crippen LogP contribution in [0, 0.1) is 6.92 Å². The van der Waals surface area contributed by atoms with E-state index in [1.54, 1.807) is 0 Å². The molecule has 69 valence electrons. The van der Waals surface area contributed by atoms with Crippen molar-refractivity contribution in [3.05, 3.63) is 31.2 Å². The van der Waals surface area contributed by atoms with E-state index in [0.717, 1.165) is 6.42 Å². The Labute approximate surface area is 77.4 Å². The van der Waals surface area contributed by atoms with E-state index < -0.39 is 0 Å². The highest BCUT2D eigenvalue weighted by Gasteiger charge is 1.77. The van der Waals surface area contributed by atoms with Gasteiger partial charge in [-0.1, -0.05) is 57.4 Å². The number of allylic oxidation sites excluding steroid dienone is 4. The molecule has 0 atom stereocenters. The number of rotatable bonds is 7. The van der Waals surface area contributed by atoms with Crippen molar-refractivity contribution in [3.8, 4) is 0 Å². The molecule has 0 amide bonds. The first-order valence-electron chi connectivity index (χ1n) is 5.02. The maximum absolute atomic E-state index is 3.79. The lowest BCUT2D eigenvalue weighted by atomic mass is 10.2. The van der Waals surface area contributed by atoms with Crippen molar-refractivity contribution < 1.29 is 0 Å². The zero-order chi connectivity index (χ0) is 9.07. The summed E-state index contributed by atoms with van der Waals surface area (Å²) in [4.78, 5) is 0. The summed E-state index contributed by atoms with van der Waals surface area (Å²) in [7, 11) is 0. The molecular weight excluding hydrogens is 144 g/mol. The van der Waals surface area contributed by atoms with E-state index in [4.69, 9.17) is 0 Å². The molecule has 1 radical (unpaired) electrons. The molecule has 0 saturated carbocycles. The van der Waals surface area contributed by atoms with Crippen molar-refractivity contribution in [1.82, 2.24) is 0 Å². The summed E-state index contributed by atoms with van der Waals surface area (Å²) in [5, 5.41) is 0. The average Bonchev–Trinajstić information content (AvgIpc) is 2.10. The Hall–Kier alpha value is -0.520. The Morgan fingerprint density at radius 3 is 2.08 bits per heavy atom. The smallest absolute Gasteiger partial charge is 0.0348 e. The molecule has 0 aromatic heterocycles. The maximum atomic E-state index is 3.79. The molecule has 0 spiro atoms. The fraction of sp³-hybridized carbons (Fsp3) is 0.583. The SMILES string of the molecule is [CH2]CCC/C=C/C=C\CCCC. The van der Waals surface area contributed by atoms with Gasteiger partial charge in [-0.15, -0.1) is 0 Å². The second kappa shape index (κ2) is 10.5. The molecule has 0 unspecified atom stereocenters. The summed E-state index contributed by atoms with van der Waals surface area (Å²) in [5.74, 6) is 0. The van der Waals surface area contributed by atoms with Gasteiger partial charge in [-0.3, -0.25) is 0 Å². The van der Waals surface area contributed by atoms with Gasteiger partial charge in [0.05, 0.1) is 0 Å². The Morgan fingerprint density at radius 2 is 1.58 bits per heavy atom. The quantitative estimate of drug-likeness (QED) is 0.390. The van der Waals surface area contributed by atoms with Crippen molar-refractivity contribution in [2.24, 2.45) is 0 Å². The van der Waals surface area contributed by atoms with Crippen LogP contribution in [-0.4, -0.2) is 0 Å². The van der Waals surface area contributed by atoms with Gasteiger partial charge in [0.25, 0.3) is 0 Å². The van der Waals surface area contributed by atoms with E-state index >= 15 is 0 Å². The van der Waals surface area contributed by atoms with Crippen LogP contribution in [-0.2, 0) is 0 Å². The number of hydrogen-bond acceptors (Lipinski definition) is 0. The van der Waals surface area contributed by atoms with Crippen LogP contribution >= 0.6 is 0 Å². The third-order valence-electron chi connectivity index (χ3n) is 1.73. The minimum atomic E-state index is 1.05. The van der Waals surface area contributed by atoms with Crippen molar-refractivity contribution in [1.29, 1.82) is 0 Å². The lowest BCUT2D eigenvalue weighted by Crippen LogP contribution is -1.67. The monoisotopic (exact) mass is 165 g/mol. The third kappa shape index (κ3) is 9.48. The van der Waals surface area contributed by atoms with E-state index in [0.29, 0.717) is 0 Å². The minimum absolute atomic E-state index is 1.05. The number of unbranched alkanes of at least 4 members (excludes halogenated alkanes) is 4. The summed E-state index contributed by atoms with van der Waals surface area (Å²) >= 11 is 0. The van der Waals surface area contributed by atoms with Gasteiger partial charge in [-0.2, -0.15) is 0 Å². The van der Waals surface area contributed by atoms with Crippen molar-refractivity contribution in [2.45, 2.75) is 45.4 Å². The van der Waals surface area contributed by atoms with Gasteiger partial charge in [-0.05, 0) is 19.3 Å². The van der Waals surface area contributed by atoms with Crippen LogP contribution in [0.15, 0.2) is 24.3 Å². The van der Waals surface area contributed by atoms with E-state index in [1.165, 1.54) is 32.1 Å². The molecule has 0 fully saturated rings. The lowest BCUT2D eigenvalue weighted by molar-refractivity contribution is 0.814. The summed E-state index contributed by atoms with van der Waals surface area (Å²) in [6.45, 7) is 6.01. The highest BCUT2D eigenvalue weighted by atomic mass is 13.8. The van der Waals surface area contributed by atoms with Crippen LogP contribution in [0.1, 0.15) is 45.4 Å². The molecular formula is C12H21. The highest BCUT2D eigenvalue weighted by Crippen LogP contribution is 1.97. The van der Waals surface area contributed by atoms with Crippen LogP contribution in [0.25, 0.3) is 0 Å². The van der Waals surface area contributed by atoms with Gasteiger partial charge in [0.15, 0.2) is 0 Å². The van der Waals surface area contributed by atoms with Crippen LogP contribution in [0.3, 0.4) is 0 Å². The standard InChI is InChI=1S/C12H21/c1-3-5-7-9-11-12-10-8-6-4-2/h9-12H,1,3-8H2,2H3/b11-9+,12-10-. The fourth-order valence-electron chi connectivity index (χ4n) is 0.934. The molecule has 0 heterocycles. The predicted octanol–water partition coefficient (Wildman–Crippen LogP) is 4.29. The molecule has 0 aromatic carbocycles. The predicted molar refractivity (Wildman–Crippen MR) is 57.0 cm³/mol. The molecule has 0 aliphatic rings. The summed E-state index contributed by atoms with van der Waals surface area (Å²) in [5.41, 5.74) is 0. The first-order chi connectivity index (χ1) is 5.91. The second-order valence-corrected chi connectivity index (χ2v) is 2.99. The first kappa shape index (κ1) is 11.5. The van der Waals surface area contributed by atoms with Crippen LogP contribution in [0.4, 0.5) is 0 Å². The van der Waals surface area contributed by atoms with Crippen molar-refractivity contribution in [2.75, 3.05) is 0 Å². The van der Waals surface area contributed by atoms with Crippen LogP contribution in [0.2, 0.25) is 0 Å².